The van der Waals surface area contributed by atoms with Crippen LogP contribution in [0.25, 0.3) is 0 Å². The maximum absolute atomic E-state index is 11.7. The summed E-state index contributed by atoms with van der Waals surface area (Å²) in [7, 11) is 0. The van der Waals surface area contributed by atoms with Crippen LogP contribution in [0.3, 0.4) is 0 Å². The van der Waals surface area contributed by atoms with Crippen LogP contribution in [0.2, 0.25) is 0 Å². The second-order valence-electron chi connectivity index (χ2n) is 5.67. The average Bonchev–Trinajstić information content (AvgIpc) is 2.61. The first-order chi connectivity index (χ1) is 11.8. The lowest BCUT2D eigenvalue weighted by Gasteiger charge is -2.09. The third kappa shape index (κ3) is 6.73. The van der Waals surface area contributed by atoms with E-state index in [0.717, 1.165) is 36.6 Å². The molecule has 4 nitrogen and oxygen atoms in total. The van der Waals surface area contributed by atoms with Gasteiger partial charge in [0.15, 0.2) is 0 Å². The Bertz CT molecular complexity index is 597. The number of nitrogens with one attached hydrogen (secondary N) is 2. The van der Waals surface area contributed by atoms with Crippen molar-refractivity contribution in [2.75, 3.05) is 18.4 Å². The van der Waals surface area contributed by atoms with Crippen LogP contribution in [0.4, 0.5) is 5.69 Å². The Balaban J connectivity index is 1.67. The van der Waals surface area contributed by atoms with Crippen molar-refractivity contribution in [2.24, 2.45) is 0 Å². The number of benzene rings is 2. The van der Waals surface area contributed by atoms with Crippen molar-refractivity contribution in [3.63, 3.8) is 0 Å². The Morgan fingerprint density at radius 1 is 0.917 bits per heavy atom. The smallest absolute Gasteiger partial charge is 0.221 e. The molecule has 0 spiro atoms. The van der Waals surface area contributed by atoms with Crippen LogP contribution in [-0.2, 0) is 4.79 Å². The van der Waals surface area contributed by atoms with Crippen molar-refractivity contribution in [2.45, 2.75) is 32.6 Å². The molecule has 0 aliphatic rings. The first kappa shape index (κ1) is 17.9. The molecule has 128 valence electrons. The summed E-state index contributed by atoms with van der Waals surface area (Å²) in [6, 6.07) is 17.4. The number of hydrogen-bond acceptors (Lipinski definition) is 3. The summed E-state index contributed by atoms with van der Waals surface area (Å²) in [5.41, 5.74) is 0.981. The Labute approximate surface area is 144 Å². The Hall–Kier alpha value is -2.49. The van der Waals surface area contributed by atoms with Crippen molar-refractivity contribution >= 4 is 11.6 Å². The van der Waals surface area contributed by atoms with E-state index in [1.807, 2.05) is 54.6 Å². The lowest BCUT2D eigenvalue weighted by atomic mass is 10.2. The number of hydrogen-bond donors (Lipinski definition) is 2. The van der Waals surface area contributed by atoms with Crippen molar-refractivity contribution in [3.05, 3.63) is 54.6 Å². The normalized spacial score (nSPS) is 10.2. The van der Waals surface area contributed by atoms with E-state index in [1.54, 1.807) is 0 Å². The minimum atomic E-state index is 0.0997. The molecule has 0 aromatic heterocycles. The van der Waals surface area contributed by atoms with E-state index in [4.69, 9.17) is 4.74 Å². The number of carbonyl (C=O) groups excluding carboxylic acids is 1. The molecule has 0 unspecified atom stereocenters. The molecule has 0 bridgehead atoms. The first-order valence-electron chi connectivity index (χ1n) is 8.61. The van der Waals surface area contributed by atoms with Crippen molar-refractivity contribution in [1.82, 2.24) is 5.32 Å². The molecular weight excluding hydrogens is 300 g/mol. The van der Waals surface area contributed by atoms with Crippen LogP contribution in [0, 0.1) is 0 Å². The number of ether oxygens (including phenoxy) is 1. The minimum Gasteiger partial charge on any atom is -0.457 e. The van der Waals surface area contributed by atoms with Crippen LogP contribution in [0.1, 0.15) is 32.6 Å². The monoisotopic (exact) mass is 326 g/mol. The number of rotatable bonds is 10. The molecule has 24 heavy (non-hydrogen) atoms. The number of para-hydroxylation sites is 1. The van der Waals surface area contributed by atoms with Crippen LogP contribution >= 0.6 is 0 Å². The van der Waals surface area contributed by atoms with E-state index >= 15 is 0 Å². The molecule has 0 aliphatic carbocycles. The van der Waals surface area contributed by atoms with E-state index < -0.39 is 0 Å². The maximum atomic E-state index is 11.7. The fourth-order valence-electron chi connectivity index (χ4n) is 2.28. The zero-order chi connectivity index (χ0) is 17.0. The van der Waals surface area contributed by atoms with Gasteiger partial charge in [-0.25, -0.2) is 0 Å². The highest BCUT2D eigenvalue weighted by molar-refractivity contribution is 5.76. The number of amides is 1. The molecular formula is C20H26N2O2. The van der Waals surface area contributed by atoms with Gasteiger partial charge in [0.05, 0.1) is 0 Å². The summed E-state index contributed by atoms with van der Waals surface area (Å²) >= 11 is 0. The Kier molecular flexibility index (Phi) is 7.68. The summed E-state index contributed by atoms with van der Waals surface area (Å²) in [6.07, 6.45) is 3.87. The van der Waals surface area contributed by atoms with Crippen molar-refractivity contribution in [3.8, 4) is 11.5 Å². The minimum absolute atomic E-state index is 0.0997. The van der Waals surface area contributed by atoms with Crippen LogP contribution in [0.5, 0.6) is 11.5 Å². The molecule has 0 fully saturated rings. The van der Waals surface area contributed by atoms with Gasteiger partial charge in [0, 0.05) is 25.2 Å². The van der Waals surface area contributed by atoms with Crippen LogP contribution in [-0.4, -0.2) is 19.0 Å². The zero-order valence-corrected chi connectivity index (χ0v) is 14.3. The summed E-state index contributed by atoms with van der Waals surface area (Å²) in [4.78, 5) is 11.7. The summed E-state index contributed by atoms with van der Waals surface area (Å²) < 4.78 is 5.75. The SMILES string of the molecule is CCCCCNC(=O)CCNc1ccc(Oc2ccccc2)cc1. The van der Waals surface area contributed by atoms with Crippen LogP contribution in [0.15, 0.2) is 54.6 Å². The molecule has 0 radical (unpaired) electrons. The van der Waals surface area contributed by atoms with Gasteiger partial charge < -0.3 is 15.4 Å². The molecule has 0 atom stereocenters. The molecule has 4 heteroatoms. The van der Waals surface area contributed by atoms with Crippen molar-refractivity contribution in [1.29, 1.82) is 0 Å². The Morgan fingerprint density at radius 3 is 2.33 bits per heavy atom. The fourth-order valence-corrected chi connectivity index (χ4v) is 2.28. The highest BCUT2D eigenvalue weighted by atomic mass is 16.5. The second-order valence-corrected chi connectivity index (χ2v) is 5.67. The van der Waals surface area contributed by atoms with E-state index in [0.29, 0.717) is 13.0 Å². The fraction of sp³-hybridized carbons (Fsp3) is 0.350. The molecule has 0 aliphatic heterocycles. The third-order valence-corrected chi connectivity index (χ3v) is 3.62. The Morgan fingerprint density at radius 2 is 1.62 bits per heavy atom. The topological polar surface area (TPSA) is 50.4 Å². The first-order valence-corrected chi connectivity index (χ1v) is 8.61. The van der Waals surface area contributed by atoms with Gasteiger partial charge in [-0.15, -0.1) is 0 Å². The van der Waals surface area contributed by atoms with Gasteiger partial charge in [-0.2, -0.15) is 0 Å². The molecule has 0 saturated carbocycles. The van der Waals surface area contributed by atoms with Crippen LogP contribution < -0.4 is 15.4 Å². The molecule has 2 aromatic rings. The number of carbonyl (C=O) groups is 1. The lowest BCUT2D eigenvalue weighted by Crippen LogP contribution is -2.26. The van der Waals surface area contributed by atoms with E-state index in [9.17, 15) is 4.79 Å². The van der Waals surface area contributed by atoms with Gasteiger partial charge in [0.1, 0.15) is 11.5 Å². The second kappa shape index (κ2) is 10.3. The quantitative estimate of drug-likeness (QED) is 0.628. The summed E-state index contributed by atoms with van der Waals surface area (Å²) in [5, 5.41) is 6.19. The zero-order valence-electron chi connectivity index (χ0n) is 14.3. The number of unbranched alkanes of at least 4 members (excludes halogenated alkanes) is 2. The summed E-state index contributed by atoms with van der Waals surface area (Å²) in [6.45, 7) is 3.55. The molecule has 2 N–H and O–H groups in total. The molecule has 1 amide bonds. The predicted molar refractivity (Wildman–Crippen MR) is 98.6 cm³/mol. The van der Waals surface area contributed by atoms with Gasteiger partial charge >= 0.3 is 0 Å². The standard InChI is InChI=1S/C20H26N2O2/c1-2-3-7-15-22-20(23)14-16-21-17-10-12-19(13-11-17)24-18-8-5-4-6-9-18/h4-6,8-13,21H,2-3,7,14-16H2,1H3,(H,22,23). The van der Waals surface area contributed by atoms with Gasteiger partial charge in [-0.1, -0.05) is 38.0 Å². The predicted octanol–water partition coefficient (Wildman–Crippen LogP) is 4.59. The third-order valence-electron chi connectivity index (χ3n) is 3.62. The molecule has 2 rings (SSSR count). The summed E-state index contributed by atoms with van der Waals surface area (Å²) in [5.74, 6) is 1.71. The molecule has 2 aromatic carbocycles. The number of anilines is 1. The largest absolute Gasteiger partial charge is 0.457 e. The molecule has 0 heterocycles. The highest BCUT2D eigenvalue weighted by Crippen LogP contribution is 2.22. The molecule has 0 saturated heterocycles. The lowest BCUT2D eigenvalue weighted by molar-refractivity contribution is -0.120. The van der Waals surface area contributed by atoms with E-state index in [1.165, 1.54) is 6.42 Å². The van der Waals surface area contributed by atoms with E-state index in [-0.39, 0.29) is 5.91 Å². The average molecular weight is 326 g/mol. The van der Waals surface area contributed by atoms with Gasteiger partial charge in [-0.05, 0) is 42.8 Å². The van der Waals surface area contributed by atoms with Gasteiger partial charge in [0.25, 0.3) is 0 Å². The van der Waals surface area contributed by atoms with Gasteiger partial charge in [0.2, 0.25) is 5.91 Å². The van der Waals surface area contributed by atoms with E-state index in [2.05, 4.69) is 17.6 Å². The van der Waals surface area contributed by atoms with Crippen molar-refractivity contribution < 1.29 is 9.53 Å². The van der Waals surface area contributed by atoms with Gasteiger partial charge in [-0.3, -0.25) is 4.79 Å². The highest BCUT2D eigenvalue weighted by Gasteiger charge is 2.01. The maximum Gasteiger partial charge on any atom is 0.221 e.